The van der Waals surface area contributed by atoms with Crippen LogP contribution in [0.5, 0.6) is 0 Å². The maximum Gasteiger partial charge on any atom is 0.180 e. The van der Waals surface area contributed by atoms with Crippen molar-refractivity contribution in [3.63, 3.8) is 0 Å². The van der Waals surface area contributed by atoms with Crippen LogP contribution in [0.3, 0.4) is 0 Å². The highest BCUT2D eigenvalue weighted by molar-refractivity contribution is 4.80. The van der Waals surface area contributed by atoms with Crippen LogP contribution in [0.1, 0.15) is 34.1 Å². The number of ether oxygens (including phenoxy) is 3. The summed E-state index contributed by atoms with van der Waals surface area (Å²) >= 11 is 0. The van der Waals surface area contributed by atoms with Crippen LogP contribution in [0.2, 0.25) is 0 Å². The summed E-state index contributed by atoms with van der Waals surface area (Å²) < 4.78 is 16.5. The van der Waals surface area contributed by atoms with Gasteiger partial charge in [-0.2, -0.15) is 0 Å². The lowest BCUT2D eigenvalue weighted by atomic mass is 10.1. The average molecular weight is 216 g/mol. The van der Waals surface area contributed by atoms with E-state index >= 15 is 0 Å². The first kappa shape index (κ1) is 14.6. The highest BCUT2D eigenvalue weighted by Gasteiger charge is 2.19. The van der Waals surface area contributed by atoms with Gasteiger partial charge in [-0.3, -0.25) is 0 Å². The molecule has 0 radical (unpaired) electrons. The van der Waals surface area contributed by atoms with E-state index in [0.717, 1.165) is 6.42 Å². The van der Waals surface area contributed by atoms with Crippen LogP contribution in [0.25, 0.3) is 0 Å². The average Bonchev–Trinajstić information content (AvgIpc) is 2.15. The first-order valence-corrected chi connectivity index (χ1v) is 5.53. The molecule has 0 aromatic carbocycles. The first-order valence-electron chi connectivity index (χ1n) is 5.53. The van der Waals surface area contributed by atoms with Crippen LogP contribution < -0.4 is 0 Å². The molecule has 0 N–H and O–H groups in total. The van der Waals surface area contributed by atoms with Crippen molar-refractivity contribution in [2.45, 2.75) is 46.0 Å². The molecule has 0 atom stereocenters. The minimum atomic E-state index is -0.260. The Hall–Kier alpha value is -0.380. The summed E-state index contributed by atoms with van der Waals surface area (Å²) in [5, 5.41) is 0. The van der Waals surface area contributed by atoms with Crippen molar-refractivity contribution in [2.75, 3.05) is 19.8 Å². The Morgan fingerprint density at radius 1 is 1.20 bits per heavy atom. The third-order valence-electron chi connectivity index (χ3n) is 1.95. The van der Waals surface area contributed by atoms with Crippen LogP contribution in [-0.4, -0.2) is 31.7 Å². The number of hydrogen-bond donors (Lipinski definition) is 0. The minimum Gasteiger partial charge on any atom is -0.370 e. The molecule has 0 spiro atoms. The van der Waals surface area contributed by atoms with Crippen molar-refractivity contribution in [3.05, 3.63) is 12.7 Å². The standard InChI is InChI=1S/C12H24O3/c1-6-9-12(4,5)15-10-11(13-7-2)14-8-3/h6,11H,1,7-10H2,2-5H3. The molecule has 3 heteroatoms. The van der Waals surface area contributed by atoms with Crippen LogP contribution in [-0.2, 0) is 14.2 Å². The van der Waals surface area contributed by atoms with Crippen LogP contribution in [0, 0.1) is 0 Å². The van der Waals surface area contributed by atoms with Gasteiger partial charge in [-0.05, 0) is 34.1 Å². The Morgan fingerprint density at radius 3 is 2.13 bits per heavy atom. The molecule has 0 unspecified atom stereocenters. The molecule has 0 saturated carbocycles. The molecule has 0 rings (SSSR count). The highest BCUT2D eigenvalue weighted by atomic mass is 16.7. The summed E-state index contributed by atoms with van der Waals surface area (Å²) in [6, 6.07) is 0. The fourth-order valence-electron chi connectivity index (χ4n) is 1.22. The summed E-state index contributed by atoms with van der Waals surface area (Å²) in [4.78, 5) is 0. The van der Waals surface area contributed by atoms with Gasteiger partial charge >= 0.3 is 0 Å². The Morgan fingerprint density at radius 2 is 1.73 bits per heavy atom. The summed E-state index contributed by atoms with van der Waals surface area (Å²) in [5.74, 6) is 0. The van der Waals surface area contributed by atoms with Gasteiger partial charge in [-0.1, -0.05) is 6.08 Å². The van der Waals surface area contributed by atoms with E-state index in [0.29, 0.717) is 19.8 Å². The van der Waals surface area contributed by atoms with E-state index in [1.165, 1.54) is 0 Å². The normalized spacial score (nSPS) is 12.1. The van der Waals surface area contributed by atoms with Gasteiger partial charge in [-0.15, -0.1) is 6.58 Å². The van der Waals surface area contributed by atoms with Gasteiger partial charge in [0.2, 0.25) is 0 Å². The Kier molecular flexibility index (Phi) is 7.65. The van der Waals surface area contributed by atoms with Crippen molar-refractivity contribution in [2.24, 2.45) is 0 Å². The van der Waals surface area contributed by atoms with Crippen molar-refractivity contribution in [3.8, 4) is 0 Å². The van der Waals surface area contributed by atoms with Gasteiger partial charge in [0.15, 0.2) is 6.29 Å². The largest absolute Gasteiger partial charge is 0.370 e. The van der Waals surface area contributed by atoms with Gasteiger partial charge in [0.1, 0.15) is 0 Å². The molecular weight excluding hydrogens is 192 g/mol. The van der Waals surface area contributed by atoms with E-state index in [2.05, 4.69) is 6.58 Å². The predicted molar refractivity (Wildman–Crippen MR) is 61.9 cm³/mol. The fourth-order valence-corrected chi connectivity index (χ4v) is 1.22. The highest BCUT2D eigenvalue weighted by Crippen LogP contribution is 2.15. The van der Waals surface area contributed by atoms with Gasteiger partial charge in [-0.25, -0.2) is 0 Å². The third-order valence-corrected chi connectivity index (χ3v) is 1.95. The zero-order valence-corrected chi connectivity index (χ0v) is 10.4. The van der Waals surface area contributed by atoms with Gasteiger partial charge < -0.3 is 14.2 Å². The fraction of sp³-hybridized carbons (Fsp3) is 0.833. The van der Waals surface area contributed by atoms with E-state index < -0.39 is 0 Å². The summed E-state index contributed by atoms with van der Waals surface area (Å²) in [5.41, 5.74) is -0.200. The molecule has 0 aliphatic carbocycles. The maximum atomic E-state index is 5.72. The van der Waals surface area contributed by atoms with E-state index in [1.807, 2.05) is 33.8 Å². The van der Waals surface area contributed by atoms with Crippen LogP contribution in [0.15, 0.2) is 12.7 Å². The monoisotopic (exact) mass is 216 g/mol. The molecule has 0 aliphatic heterocycles. The Bertz CT molecular complexity index is 160. The van der Waals surface area contributed by atoms with Crippen molar-refractivity contribution >= 4 is 0 Å². The molecular formula is C12H24O3. The summed E-state index contributed by atoms with van der Waals surface area (Å²) in [7, 11) is 0. The zero-order chi connectivity index (χ0) is 11.7. The SMILES string of the molecule is C=CCC(C)(C)OCC(OCC)OCC. The Labute approximate surface area is 93.4 Å². The minimum absolute atomic E-state index is 0.200. The molecule has 0 fully saturated rings. The lowest BCUT2D eigenvalue weighted by Crippen LogP contribution is -2.31. The van der Waals surface area contributed by atoms with Gasteiger partial charge in [0.05, 0.1) is 12.2 Å². The molecule has 15 heavy (non-hydrogen) atoms. The number of rotatable bonds is 9. The molecule has 90 valence electrons. The Balaban J connectivity index is 3.90. The molecule has 0 amide bonds. The second-order valence-corrected chi connectivity index (χ2v) is 3.90. The van der Waals surface area contributed by atoms with E-state index in [-0.39, 0.29) is 11.9 Å². The first-order chi connectivity index (χ1) is 7.05. The van der Waals surface area contributed by atoms with Crippen LogP contribution >= 0.6 is 0 Å². The van der Waals surface area contributed by atoms with Crippen LogP contribution in [0.4, 0.5) is 0 Å². The maximum absolute atomic E-state index is 5.72. The second kappa shape index (κ2) is 7.85. The smallest absolute Gasteiger partial charge is 0.180 e. The molecule has 3 nitrogen and oxygen atoms in total. The number of hydrogen-bond acceptors (Lipinski definition) is 3. The predicted octanol–water partition coefficient (Wildman–Crippen LogP) is 2.76. The molecule has 0 bridgehead atoms. The van der Waals surface area contributed by atoms with Crippen molar-refractivity contribution in [1.82, 2.24) is 0 Å². The third kappa shape index (κ3) is 7.54. The molecule has 0 aromatic rings. The second-order valence-electron chi connectivity index (χ2n) is 3.90. The van der Waals surface area contributed by atoms with E-state index in [9.17, 15) is 0 Å². The van der Waals surface area contributed by atoms with Gasteiger partial charge in [0.25, 0.3) is 0 Å². The molecule has 0 aliphatic rings. The summed E-state index contributed by atoms with van der Waals surface area (Å²) in [6.45, 7) is 13.4. The van der Waals surface area contributed by atoms with Crippen molar-refractivity contribution < 1.29 is 14.2 Å². The quantitative estimate of drug-likeness (QED) is 0.438. The summed E-state index contributed by atoms with van der Waals surface area (Å²) in [6.07, 6.45) is 2.41. The van der Waals surface area contributed by atoms with E-state index in [1.54, 1.807) is 0 Å². The molecule has 0 aromatic heterocycles. The van der Waals surface area contributed by atoms with Gasteiger partial charge in [0, 0.05) is 13.2 Å². The van der Waals surface area contributed by atoms with E-state index in [4.69, 9.17) is 14.2 Å². The zero-order valence-electron chi connectivity index (χ0n) is 10.4. The lowest BCUT2D eigenvalue weighted by molar-refractivity contribution is -0.187. The lowest BCUT2D eigenvalue weighted by Gasteiger charge is -2.26. The topological polar surface area (TPSA) is 27.7 Å². The van der Waals surface area contributed by atoms with Crippen molar-refractivity contribution in [1.29, 1.82) is 0 Å². The molecule has 0 saturated heterocycles. The molecule has 0 heterocycles.